The van der Waals surface area contributed by atoms with E-state index >= 15 is 0 Å². The van der Waals surface area contributed by atoms with Crippen LogP contribution >= 0.6 is 0 Å². The van der Waals surface area contributed by atoms with Gasteiger partial charge in [0, 0.05) is 42.8 Å². The Kier molecular flexibility index (Phi) is 5.28. The number of aryl methyl sites for hydroxylation is 1. The van der Waals surface area contributed by atoms with Gasteiger partial charge < -0.3 is 5.73 Å². The highest BCUT2D eigenvalue weighted by atomic mass is 16.2. The van der Waals surface area contributed by atoms with Gasteiger partial charge in [0.15, 0.2) is 0 Å². The maximum Gasteiger partial charge on any atom is 0.272 e. The van der Waals surface area contributed by atoms with Crippen LogP contribution in [0, 0.1) is 6.92 Å². The molecule has 3 aromatic rings. The second kappa shape index (κ2) is 7.80. The zero-order chi connectivity index (χ0) is 19.4. The maximum absolute atomic E-state index is 12.8. The Morgan fingerprint density at radius 1 is 1.15 bits per heavy atom. The van der Waals surface area contributed by atoms with E-state index in [-0.39, 0.29) is 5.91 Å². The fraction of sp³-hybridized carbons (Fsp3) is 0.0952. The van der Waals surface area contributed by atoms with Crippen LogP contribution in [0.4, 0.5) is 0 Å². The number of nitrogens with zero attached hydrogens (tertiary/aromatic N) is 3. The summed E-state index contributed by atoms with van der Waals surface area (Å²) < 4.78 is 0. The normalized spacial score (nSPS) is 11.9. The van der Waals surface area contributed by atoms with Crippen molar-refractivity contribution in [3.63, 3.8) is 0 Å². The molecule has 0 unspecified atom stereocenters. The van der Waals surface area contributed by atoms with Crippen LogP contribution in [-0.4, -0.2) is 29.2 Å². The molecule has 0 saturated carbocycles. The van der Waals surface area contributed by atoms with Gasteiger partial charge in [-0.05, 0) is 53.3 Å². The summed E-state index contributed by atoms with van der Waals surface area (Å²) in [7, 11) is 1.58. The minimum atomic E-state index is -0.365. The molecule has 27 heavy (non-hydrogen) atoms. The summed E-state index contributed by atoms with van der Waals surface area (Å²) in [6, 6.07) is 13.6. The molecule has 6 nitrogen and oxygen atoms in total. The van der Waals surface area contributed by atoms with Crippen LogP contribution in [0.25, 0.3) is 21.9 Å². The third-order valence-corrected chi connectivity index (χ3v) is 4.37. The average Bonchev–Trinajstić information content (AvgIpc) is 2.71. The number of carbonyl (C=O) groups excluding carboxylic acids is 1. The molecule has 0 aliphatic carbocycles. The highest BCUT2D eigenvalue weighted by Gasteiger charge is 2.17. The van der Waals surface area contributed by atoms with Gasteiger partial charge in [0.2, 0.25) is 0 Å². The molecule has 0 fully saturated rings. The van der Waals surface area contributed by atoms with E-state index in [2.05, 4.69) is 16.0 Å². The molecule has 1 heterocycles. The maximum atomic E-state index is 12.8. The molecular formula is C21H21N5O. The lowest BCUT2D eigenvalue weighted by atomic mass is 9.96. The number of hydrogen-bond donors (Lipinski definition) is 2. The molecule has 0 bridgehead atoms. The molecule has 0 radical (unpaired) electrons. The second-order valence-electron chi connectivity index (χ2n) is 6.12. The number of nitrogens with two attached hydrogens (primary N) is 2. The summed E-state index contributed by atoms with van der Waals surface area (Å²) in [6.07, 6.45) is 6.28. The number of amides is 1. The third kappa shape index (κ3) is 3.70. The van der Waals surface area contributed by atoms with Crippen LogP contribution in [0.15, 0.2) is 71.7 Å². The minimum absolute atomic E-state index is 0.321. The van der Waals surface area contributed by atoms with Crippen LogP contribution in [0.2, 0.25) is 0 Å². The minimum Gasteiger partial charge on any atom is -0.403 e. The topological polar surface area (TPSA) is 97.6 Å². The van der Waals surface area contributed by atoms with Gasteiger partial charge in [-0.15, -0.1) is 0 Å². The predicted octanol–water partition coefficient (Wildman–Crippen LogP) is 3.03. The summed E-state index contributed by atoms with van der Waals surface area (Å²) in [5.74, 6) is 5.56. The quantitative estimate of drug-likeness (QED) is 0.324. The van der Waals surface area contributed by atoms with Crippen LogP contribution in [-0.2, 0) is 0 Å². The largest absolute Gasteiger partial charge is 0.403 e. The number of carbonyl (C=O) groups is 1. The average molecular weight is 359 g/mol. The highest BCUT2D eigenvalue weighted by molar-refractivity contribution is 5.99. The van der Waals surface area contributed by atoms with Gasteiger partial charge in [0.25, 0.3) is 5.91 Å². The standard InChI is InChI=1S/C21H21N5O/c1-14-3-4-17(21(27)26(23)19(11-22)13-24-2)10-20(14)16-6-5-15-7-8-25-12-18(15)9-16/h3-13H,22-23H2,1-2H3. The van der Waals surface area contributed by atoms with Crippen molar-refractivity contribution in [1.29, 1.82) is 0 Å². The molecule has 136 valence electrons. The van der Waals surface area contributed by atoms with Gasteiger partial charge in [-0.1, -0.05) is 18.2 Å². The highest BCUT2D eigenvalue weighted by Crippen LogP contribution is 2.28. The zero-order valence-corrected chi connectivity index (χ0v) is 15.3. The van der Waals surface area contributed by atoms with Crippen LogP contribution in [0.5, 0.6) is 0 Å². The number of benzene rings is 2. The van der Waals surface area contributed by atoms with Crippen LogP contribution in [0.3, 0.4) is 0 Å². The summed E-state index contributed by atoms with van der Waals surface area (Å²) in [4.78, 5) is 20.8. The molecule has 1 amide bonds. The molecule has 4 N–H and O–H groups in total. The number of aliphatic imine (C=N–C) groups is 1. The predicted molar refractivity (Wildman–Crippen MR) is 109 cm³/mol. The molecule has 6 heteroatoms. The van der Waals surface area contributed by atoms with Gasteiger partial charge in [-0.3, -0.25) is 14.8 Å². The molecule has 1 aromatic heterocycles. The second-order valence-corrected chi connectivity index (χ2v) is 6.12. The first-order valence-corrected chi connectivity index (χ1v) is 8.43. The lowest BCUT2D eigenvalue weighted by Gasteiger charge is -2.18. The van der Waals surface area contributed by atoms with E-state index in [0.29, 0.717) is 11.3 Å². The summed E-state index contributed by atoms with van der Waals surface area (Å²) >= 11 is 0. The van der Waals surface area contributed by atoms with Crippen molar-refractivity contribution in [3.05, 3.63) is 77.9 Å². The van der Waals surface area contributed by atoms with Crippen molar-refractivity contribution < 1.29 is 4.79 Å². The van der Waals surface area contributed by atoms with Crippen molar-refractivity contribution in [2.75, 3.05) is 7.05 Å². The Labute approximate surface area is 157 Å². The number of hydrazine groups is 1. The van der Waals surface area contributed by atoms with Crippen molar-refractivity contribution in [2.24, 2.45) is 16.6 Å². The summed E-state index contributed by atoms with van der Waals surface area (Å²) in [5, 5.41) is 3.15. The summed E-state index contributed by atoms with van der Waals surface area (Å²) in [6.45, 7) is 2.01. The molecule has 2 aromatic carbocycles. The van der Waals surface area contributed by atoms with Crippen molar-refractivity contribution in [1.82, 2.24) is 9.99 Å². The van der Waals surface area contributed by atoms with Gasteiger partial charge in [-0.25, -0.2) is 10.9 Å². The van der Waals surface area contributed by atoms with E-state index in [1.54, 1.807) is 19.3 Å². The number of allylic oxidation sites excluding steroid dienone is 1. The molecule has 0 aliphatic heterocycles. The Balaban J connectivity index is 2.02. The first-order chi connectivity index (χ1) is 13.0. The Morgan fingerprint density at radius 2 is 1.96 bits per heavy atom. The fourth-order valence-corrected chi connectivity index (χ4v) is 2.89. The summed E-state index contributed by atoms with van der Waals surface area (Å²) in [5.41, 5.74) is 9.36. The number of pyridine rings is 1. The van der Waals surface area contributed by atoms with Gasteiger partial charge in [0.05, 0.1) is 5.70 Å². The monoisotopic (exact) mass is 359 g/mol. The molecular weight excluding hydrogens is 338 g/mol. The van der Waals surface area contributed by atoms with Crippen molar-refractivity contribution in [2.45, 2.75) is 6.92 Å². The van der Waals surface area contributed by atoms with E-state index in [9.17, 15) is 4.79 Å². The van der Waals surface area contributed by atoms with Gasteiger partial charge >= 0.3 is 0 Å². The molecule has 0 atom stereocenters. The first-order valence-electron chi connectivity index (χ1n) is 8.43. The van der Waals surface area contributed by atoms with E-state index in [4.69, 9.17) is 11.6 Å². The third-order valence-electron chi connectivity index (χ3n) is 4.37. The molecule has 3 rings (SSSR count). The van der Waals surface area contributed by atoms with Gasteiger partial charge in [0.1, 0.15) is 0 Å². The Bertz CT molecular complexity index is 1060. The zero-order valence-electron chi connectivity index (χ0n) is 15.3. The van der Waals surface area contributed by atoms with Crippen LogP contribution in [0.1, 0.15) is 15.9 Å². The van der Waals surface area contributed by atoms with E-state index in [1.165, 1.54) is 12.4 Å². The van der Waals surface area contributed by atoms with E-state index < -0.39 is 0 Å². The Hall–Kier alpha value is -3.51. The van der Waals surface area contributed by atoms with Crippen molar-refractivity contribution in [3.8, 4) is 11.1 Å². The van der Waals surface area contributed by atoms with Crippen LogP contribution < -0.4 is 11.6 Å². The lowest BCUT2D eigenvalue weighted by Crippen LogP contribution is -2.37. The number of fused-ring (bicyclic) bond motifs is 1. The smallest absolute Gasteiger partial charge is 0.272 e. The number of rotatable bonds is 4. The fourth-order valence-electron chi connectivity index (χ4n) is 2.89. The number of aromatic nitrogens is 1. The van der Waals surface area contributed by atoms with Crippen molar-refractivity contribution >= 4 is 22.9 Å². The molecule has 0 aliphatic rings. The van der Waals surface area contributed by atoms with Gasteiger partial charge in [-0.2, -0.15) is 0 Å². The first kappa shape index (κ1) is 18.3. The number of hydrogen-bond acceptors (Lipinski definition) is 5. The van der Waals surface area contributed by atoms with E-state index in [0.717, 1.165) is 32.5 Å². The molecule has 0 spiro atoms. The lowest BCUT2D eigenvalue weighted by molar-refractivity contribution is 0.0814. The Morgan fingerprint density at radius 3 is 2.70 bits per heavy atom. The SMILES string of the molecule is CN=CC(=CN)N(N)C(=O)c1ccc(C)c(-c2ccc3ccncc3c2)c1. The molecule has 0 saturated heterocycles. The van der Waals surface area contributed by atoms with E-state index in [1.807, 2.05) is 43.5 Å².